The zero-order valence-electron chi connectivity index (χ0n) is 18.1. The summed E-state index contributed by atoms with van der Waals surface area (Å²) < 4.78 is 6.70. The van der Waals surface area contributed by atoms with Gasteiger partial charge in [0.15, 0.2) is 6.10 Å². The number of hydrogen-bond donors (Lipinski definition) is 1. The largest absolute Gasteiger partial charge is 0.452 e. The molecule has 31 heavy (non-hydrogen) atoms. The summed E-state index contributed by atoms with van der Waals surface area (Å²) in [5, 5.41) is 8.65. The number of esters is 1. The molecule has 0 aliphatic heterocycles. The van der Waals surface area contributed by atoms with Crippen molar-refractivity contribution >= 4 is 22.6 Å². The highest BCUT2D eigenvalue weighted by Crippen LogP contribution is 2.55. The summed E-state index contributed by atoms with van der Waals surface area (Å²) >= 11 is 0. The summed E-state index contributed by atoms with van der Waals surface area (Å²) in [6, 6.07) is 7.08. The Kier molecular flexibility index (Phi) is 4.87. The minimum Gasteiger partial charge on any atom is -0.452 e. The number of carbonyl (C=O) groups is 2. The Hall–Kier alpha value is -2.70. The Labute approximate surface area is 181 Å². The van der Waals surface area contributed by atoms with Crippen LogP contribution in [0.5, 0.6) is 0 Å². The van der Waals surface area contributed by atoms with Crippen LogP contribution in [0.4, 0.5) is 0 Å². The molecule has 4 fully saturated rings. The van der Waals surface area contributed by atoms with Crippen LogP contribution in [0.2, 0.25) is 0 Å². The molecule has 4 bridgehead atoms. The van der Waals surface area contributed by atoms with Crippen molar-refractivity contribution in [2.45, 2.75) is 63.5 Å². The Morgan fingerprint density at radius 2 is 1.71 bits per heavy atom. The lowest BCUT2D eigenvalue weighted by molar-refractivity contribution is -0.156. The summed E-state index contributed by atoms with van der Waals surface area (Å²) in [5.74, 6) is 1.45. The van der Waals surface area contributed by atoms with Gasteiger partial charge in [0.25, 0.3) is 11.5 Å². The third-order valence-corrected chi connectivity index (χ3v) is 7.45. The number of ether oxygens (including phenoxy) is 1. The van der Waals surface area contributed by atoms with Crippen LogP contribution in [0, 0.1) is 17.8 Å². The van der Waals surface area contributed by atoms with Crippen LogP contribution in [0.15, 0.2) is 29.1 Å². The molecule has 4 aliphatic rings. The fourth-order valence-electron chi connectivity index (χ4n) is 6.56. The van der Waals surface area contributed by atoms with Gasteiger partial charge < -0.3 is 10.1 Å². The van der Waals surface area contributed by atoms with Crippen molar-refractivity contribution in [3.05, 3.63) is 40.3 Å². The molecule has 1 aromatic carbocycles. The van der Waals surface area contributed by atoms with Crippen LogP contribution in [-0.4, -0.2) is 33.3 Å². The molecule has 1 aromatic heterocycles. The van der Waals surface area contributed by atoms with Gasteiger partial charge in [-0.25, -0.2) is 4.68 Å². The van der Waals surface area contributed by atoms with Crippen molar-refractivity contribution in [3.8, 4) is 0 Å². The van der Waals surface area contributed by atoms with Crippen LogP contribution in [0.3, 0.4) is 0 Å². The second kappa shape index (κ2) is 7.46. The summed E-state index contributed by atoms with van der Waals surface area (Å²) in [6.45, 7) is 1.63. The molecule has 0 radical (unpaired) electrons. The first-order valence-electron chi connectivity index (χ1n) is 11.3. The number of benzene rings is 1. The van der Waals surface area contributed by atoms with Gasteiger partial charge in [-0.05, 0) is 69.3 Å². The number of fused-ring (bicyclic) bond motifs is 1. The van der Waals surface area contributed by atoms with Crippen molar-refractivity contribution in [2.75, 3.05) is 0 Å². The average Bonchev–Trinajstić information content (AvgIpc) is 2.70. The van der Waals surface area contributed by atoms with Gasteiger partial charge >= 0.3 is 5.97 Å². The fraction of sp³-hybridized carbons (Fsp3) is 0.583. The number of rotatable bonds is 5. The van der Waals surface area contributed by atoms with Gasteiger partial charge in [-0.3, -0.25) is 14.4 Å². The molecule has 164 valence electrons. The van der Waals surface area contributed by atoms with Crippen molar-refractivity contribution < 1.29 is 14.3 Å². The normalized spacial score (nSPS) is 29.7. The van der Waals surface area contributed by atoms with Crippen LogP contribution in [-0.2, 0) is 27.8 Å². The first kappa shape index (κ1) is 20.2. The molecule has 2 aromatic rings. The van der Waals surface area contributed by atoms with Gasteiger partial charge in [0.2, 0.25) is 0 Å². The summed E-state index contributed by atoms with van der Waals surface area (Å²) in [5.41, 5.74) is 0.148. The quantitative estimate of drug-likeness (QED) is 0.747. The fourth-order valence-corrected chi connectivity index (χ4v) is 6.56. The lowest BCUT2D eigenvalue weighted by Crippen LogP contribution is -2.61. The number of amides is 1. The predicted molar refractivity (Wildman–Crippen MR) is 115 cm³/mol. The van der Waals surface area contributed by atoms with E-state index in [1.165, 1.54) is 23.9 Å². The topological polar surface area (TPSA) is 90.3 Å². The highest BCUT2D eigenvalue weighted by Gasteiger charge is 2.51. The van der Waals surface area contributed by atoms with E-state index in [-0.39, 0.29) is 23.4 Å². The molecule has 1 N–H and O–H groups in total. The third-order valence-electron chi connectivity index (χ3n) is 7.45. The van der Waals surface area contributed by atoms with E-state index in [1.807, 2.05) is 0 Å². The molecule has 1 unspecified atom stereocenters. The van der Waals surface area contributed by atoms with E-state index >= 15 is 0 Å². The highest BCUT2D eigenvalue weighted by molar-refractivity contribution is 5.88. The van der Waals surface area contributed by atoms with E-state index in [2.05, 4.69) is 10.4 Å². The van der Waals surface area contributed by atoms with Gasteiger partial charge in [-0.15, -0.1) is 0 Å². The minimum absolute atomic E-state index is 0.0936. The third kappa shape index (κ3) is 3.75. The smallest absolute Gasteiger partial charge is 0.312 e. The van der Waals surface area contributed by atoms with Crippen molar-refractivity contribution in [3.63, 3.8) is 0 Å². The maximum atomic E-state index is 12.9. The van der Waals surface area contributed by atoms with E-state index in [9.17, 15) is 14.4 Å². The van der Waals surface area contributed by atoms with E-state index < -0.39 is 12.1 Å². The minimum atomic E-state index is -0.862. The molecule has 7 nitrogen and oxygen atoms in total. The van der Waals surface area contributed by atoms with Gasteiger partial charge in [0.1, 0.15) is 0 Å². The monoisotopic (exact) mass is 423 g/mol. The highest BCUT2D eigenvalue weighted by atomic mass is 16.5. The van der Waals surface area contributed by atoms with Crippen LogP contribution >= 0.6 is 0 Å². The van der Waals surface area contributed by atoms with E-state index in [4.69, 9.17) is 4.74 Å². The standard InChI is InChI=1S/C24H29N3O4/c1-14(22(29)25-24-11-15-7-16(12-24)9-17(8-15)13-24)31-21(28)10-20-18-5-3-4-6-19(18)23(30)27(2)26-20/h3-6,14-17H,7-13H2,1-2H3,(H,25,29). The second-order valence-corrected chi connectivity index (χ2v) is 9.92. The molecule has 1 atom stereocenters. The van der Waals surface area contributed by atoms with Gasteiger partial charge in [0.05, 0.1) is 17.5 Å². The van der Waals surface area contributed by atoms with Crippen molar-refractivity contribution in [2.24, 2.45) is 24.8 Å². The van der Waals surface area contributed by atoms with Crippen molar-refractivity contribution in [1.29, 1.82) is 0 Å². The molecular formula is C24H29N3O4. The zero-order valence-corrected chi connectivity index (χ0v) is 18.1. The van der Waals surface area contributed by atoms with Gasteiger partial charge in [0, 0.05) is 18.0 Å². The maximum absolute atomic E-state index is 12.9. The molecule has 1 amide bonds. The average molecular weight is 424 g/mol. The zero-order chi connectivity index (χ0) is 21.8. The van der Waals surface area contributed by atoms with Crippen molar-refractivity contribution in [1.82, 2.24) is 15.1 Å². The van der Waals surface area contributed by atoms with E-state index in [0.29, 0.717) is 16.5 Å². The number of aromatic nitrogens is 2. The molecular weight excluding hydrogens is 394 g/mol. The molecule has 4 saturated carbocycles. The summed E-state index contributed by atoms with van der Waals surface area (Å²) in [6.07, 6.45) is 6.13. The molecule has 0 saturated heterocycles. The Morgan fingerprint density at radius 3 is 2.32 bits per heavy atom. The van der Waals surface area contributed by atoms with E-state index in [1.54, 1.807) is 38.2 Å². The summed E-state index contributed by atoms with van der Waals surface area (Å²) in [4.78, 5) is 37.7. The molecule has 0 spiro atoms. The number of nitrogens with one attached hydrogen (secondary N) is 1. The lowest BCUT2D eigenvalue weighted by atomic mass is 9.53. The Balaban J connectivity index is 1.25. The molecule has 4 aliphatic carbocycles. The van der Waals surface area contributed by atoms with E-state index in [0.717, 1.165) is 37.0 Å². The predicted octanol–water partition coefficient (Wildman–Crippen LogP) is 2.49. The summed E-state index contributed by atoms with van der Waals surface area (Å²) in [7, 11) is 1.56. The Bertz CT molecular complexity index is 1070. The molecule has 7 heteroatoms. The van der Waals surface area contributed by atoms with Gasteiger partial charge in [-0.1, -0.05) is 18.2 Å². The molecule has 6 rings (SSSR count). The molecule has 1 heterocycles. The van der Waals surface area contributed by atoms with Crippen LogP contribution < -0.4 is 10.9 Å². The SMILES string of the molecule is CC(OC(=O)Cc1nn(C)c(=O)c2ccccc12)C(=O)NC12CC3CC(CC(C3)C1)C2. The Morgan fingerprint density at radius 1 is 1.13 bits per heavy atom. The number of nitrogens with zero attached hydrogens (tertiary/aromatic N) is 2. The van der Waals surface area contributed by atoms with Gasteiger partial charge in [-0.2, -0.15) is 5.10 Å². The number of hydrogen-bond acceptors (Lipinski definition) is 5. The number of carbonyl (C=O) groups excluding carboxylic acids is 2. The lowest BCUT2D eigenvalue weighted by Gasteiger charge is -2.57. The second-order valence-electron chi connectivity index (χ2n) is 9.92. The van der Waals surface area contributed by atoms with Crippen LogP contribution in [0.1, 0.15) is 51.1 Å². The first-order chi connectivity index (χ1) is 14.8. The number of aryl methyl sites for hydroxylation is 1. The first-order valence-corrected chi connectivity index (χ1v) is 11.3. The van der Waals surface area contributed by atoms with Crippen LogP contribution in [0.25, 0.3) is 10.8 Å². The maximum Gasteiger partial charge on any atom is 0.312 e.